The molecule has 0 aliphatic carbocycles. The molecule has 0 bridgehead atoms. The second kappa shape index (κ2) is 5.57. The lowest BCUT2D eigenvalue weighted by Crippen LogP contribution is -2.13. The van der Waals surface area contributed by atoms with E-state index >= 15 is 0 Å². The quantitative estimate of drug-likeness (QED) is 0.782. The van der Waals surface area contributed by atoms with Gasteiger partial charge < -0.3 is 14.6 Å². The molecule has 1 amide bonds. The van der Waals surface area contributed by atoms with E-state index in [9.17, 15) is 4.79 Å². The molecular weight excluding hydrogens is 336 g/mol. The number of halogens is 1. The minimum Gasteiger partial charge on any atom is -0.496 e. The van der Waals surface area contributed by atoms with Gasteiger partial charge in [-0.25, -0.2) is 0 Å². The van der Waals surface area contributed by atoms with Crippen molar-refractivity contribution in [1.29, 1.82) is 0 Å². The van der Waals surface area contributed by atoms with Gasteiger partial charge >= 0.3 is 0 Å². The average molecular weight is 347 g/mol. The topological polar surface area (TPSA) is 64.4 Å². The molecule has 3 aromatic rings. The summed E-state index contributed by atoms with van der Waals surface area (Å²) < 4.78 is 11.3. The van der Waals surface area contributed by atoms with E-state index in [4.69, 9.17) is 9.26 Å². The predicted molar refractivity (Wildman–Crippen MR) is 82.7 cm³/mol. The van der Waals surface area contributed by atoms with E-state index in [2.05, 4.69) is 26.4 Å². The van der Waals surface area contributed by atoms with Crippen molar-refractivity contribution >= 4 is 38.6 Å². The number of carbonyl (C=O) groups excluding carboxylic acids is 1. The van der Waals surface area contributed by atoms with E-state index in [1.807, 2.05) is 12.1 Å². The van der Waals surface area contributed by atoms with Crippen LogP contribution < -0.4 is 10.1 Å². The third-order valence-corrected chi connectivity index (χ3v) is 3.51. The van der Waals surface area contributed by atoms with Crippen LogP contribution in [0.3, 0.4) is 0 Å². The Labute approximate surface area is 129 Å². The number of rotatable bonds is 3. The van der Waals surface area contributed by atoms with Crippen LogP contribution in [-0.2, 0) is 0 Å². The van der Waals surface area contributed by atoms with Crippen LogP contribution in [-0.4, -0.2) is 18.2 Å². The summed E-state index contributed by atoms with van der Waals surface area (Å²) in [6, 6.07) is 12.5. The number of para-hydroxylation sites is 1. The summed E-state index contributed by atoms with van der Waals surface area (Å²) in [7, 11) is 1.52. The van der Waals surface area contributed by atoms with Gasteiger partial charge in [0.1, 0.15) is 5.75 Å². The van der Waals surface area contributed by atoms with Gasteiger partial charge in [0.05, 0.1) is 18.1 Å². The first-order valence-electron chi connectivity index (χ1n) is 6.18. The Kier molecular flexibility index (Phi) is 3.62. The molecule has 1 heterocycles. The molecule has 0 fully saturated rings. The van der Waals surface area contributed by atoms with Crippen molar-refractivity contribution in [2.45, 2.75) is 0 Å². The van der Waals surface area contributed by atoms with Crippen LogP contribution in [0.5, 0.6) is 5.75 Å². The van der Waals surface area contributed by atoms with Crippen LogP contribution in [0.15, 0.2) is 51.5 Å². The molecule has 21 heavy (non-hydrogen) atoms. The number of hydrogen-bond acceptors (Lipinski definition) is 4. The fraction of sp³-hybridized carbons (Fsp3) is 0.0667. The predicted octanol–water partition coefficient (Wildman–Crippen LogP) is 3.85. The molecule has 2 aromatic carbocycles. The number of fused-ring (bicyclic) bond motifs is 1. The number of amides is 1. The van der Waals surface area contributed by atoms with Crippen LogP contribution in [0, 0.1) is 0 Å². The first kappa shape index (κ1) is 13.6. The molecular formula is C15H11BrN2O3. The summed E-state index contributed by atoms with van der Waals surface area (Å²) >= 11 is 3.36. The number of nitrogens with one attached hydrogen (secondary N) is 1. The van der Waals surface area contributed by atoms with Crippen molar-refractivity contribution in [2.24, 2.45) is 0 Å². The third-order valence-electron chi connectivity index (χ3n) is 3.02. The summed E-state index contributed by atoms with van der Waals surface area (Å²) in [6.07, 6.45) is 0. The maximum Gasteiger partial charge on any atom is 0.260 e. The maximum atomic E-state index is 12.3. The van der Waals surface area contributed by atoms with Gasteiger partial charge in [0.15, 0.2) is 11.4 Å². The normalized spacial score (nSPS) is 10.6. The Morgan fingerprint density at radius 2 is 2.10 bits per heavy atom. The van der Waals surface area contributed by atoms with Crippen LogP contribution in [0.2, 0.25) is 0 Å². The average Bonchev–Trinajstić information content (AvgIpc) is 2.89. The van der Waals surface area contributed by atoms with Gasteiger partial charge in [-0.15, -0.1) is 0 Å². The highest BCUT2D eigenvalue weighted by Crippen LogP contribution is 2.27. The van der Waals surface area contributed by atoms with Crippen LogP contribution in [0.25, 0.3) is 11.0 Å². The van der Waals surface area contributed by atoms with Crippen LogP contribution >= 0.6 is 15.9 Å². The molecule has 106 valence electrons. The molecule has 0 saturated heterocycles. The van der Waals surface area contributed by atoms with Crippen molar-refractivity contribution in [3.8, 4) is 5.75 Å². The summed E-state index contributed by atoms with van der Waals surface area (Å²) in [6.45, 7) is 0. The lowest BCUT2D eigenvalue weighted by atomic mass is 10.2. The lowest BCUT2D eigenvalue weighted by molar-refractivity contribution is 0.102. The number of anilines is 1. The molecule has 3 rings (SSSR count). The molecule has 5 nitrogen and oxygen atoms in total. The summed E-state index contributed by atoms with van der Waals surface area (Å²) in [5.74, 6) is 0.588. The van der Waals surface area contributed by atoms with Crippen molar-refractivity contribution in [3.63, 3.8) is 0 Å². The molecule has 0 aliphatic heterocycles. The van der Waals surface area contributed by atoms with Gasteiger partial charge in [0, 0.05) is 4.47 Å². The number of benzene rings is 2. The molecule has 1 N–H and O–H groups in total. The Bertz CT molecular complexity index is 814. The molecule has 0 unspecified atom stereocenters. The molecule has 0 spiro atoms. The van der Waals surface area contributed by atoms with E-state index in [1.165, 1.54) is 7.11 Å². The number of nitrogens with zero attached hydrogens (tertiary/aromatic N) is 1. The molecule has 0 radical (unpaired) electrons. The Morgan fingerprint density at radius 3 is 2.90 bits per heavy atom. The summed E-state index contributed by atoms with van der Waals surface area (Å²) in [5, 5.41) is 7.36. The zero-order chi connectivity index (χ0) is 14.8. The van der Waals surface area contributed by atoms with Crippen LogP contribution in [0.1, 0.15) is 10.4 Å². The van der Waals surface area contributed by atoms with Gasteiger partial charge in [-0.2, -0.15) is 0 Å². The van der Waals surface area contributed by atoms with E-state index in [0.717, 1.165) is 9.86 Å². The largest absolute Gasteiger partial charge is 0.496 e. The highest BCUT2D eigenvalue weighted by molar-refractivity contribution is 9.10. The maximum absolute atomic E-state index is 12.3. The fourth-order valence-electron chi connectivity index (χ4n) is 2.01. The number of hydrogen-bond donors (Lipinski definition) is 1. The zero-order valence-electron chi connectivity index (χ0n) is 11.1. The van der Waals surface area contributed by atoms with Crippen molar-refractivity contribution in [1.82, 2.24) is 5.16 Å². The fourth-order valence-corrected chi connectivity index (χ4v) is 2.35. The van der Waals surface area contributed by atoms with Gasteiger partial charge in [-0.05, 0) is 30.3 Å². The Morgan fingerprint density at radius 1 is 1.29 bits per heavy atom. The number of methoxy groups -OCH3 is 1. The van der Waals surface area contributed by atoms with Crippen molar-refractivity contribution in [3.05, 3.63) is 52.5 Å². The second-order valence-electron chi connectivity index (χ2n) is 4.33. The van der Waals surface area contributed by atoms with Gasteiger partial charge in [-0.1, -0.05) is 33.2 Å². The first-order chi connectivity index (χ1) is 10.2. The molecule has 1 aromatic heterocycles. The van der Waals surface area contributed by atoms with Gasteiger partial charge in [-0.3, -0.25) is 4.79 Å². The van der Waals surface area contributed by atoms with E-state index in [0.29, 0.717) is 22.7 Å². The Hall–Kier alpha value is -2.34. The van der Waals surface area contributed by atoms with Crippen molar-refractivity contribution < 1.29 is 14.1 Å². The number of aromatic nitrogens is 1. The van der Waals surface area contributed by atoms with Crippen LogP contribution in [0.4, 0.5) is 5.82 Å². The highest BCUT2D eigenvalue weighted by Gasteiger charge is 2.15. The van der Waals surface area contributed by atoms with Gasteiger partial charge in [0.25, 0.3) is 5.91 Å². The minimum absolute atomic E-state index is 0.300. The van der Waals surface area contributed by atoms with Gasteiger partial charge in [0.2, 0.25) is 0 Å². The second-order valence-corrected chi connectivity index (χ2v) is 5.24. The monoisotopic (exact) mass is 346 g/mol. The molecule has 6 heteroatoms. The highest BCUT2D eigenvalue weighted by atomic mass is 79.9. The number of carbonyl (C=O) groups is 1. The number of ether oxygens (including phenoxy) is 1. The standard InChI is InChI=1S/C15H11BrN2O3/c1-20-12-5-3-2-4-11(12)15(19)17-14-10-7-6-9(16)8-13(10)21-18-14/h2-8H,1H3,(H,17,18,19). The van der Waals surface area contributed by atoms with E-state index in [1.54, 1.807) is 30.3 Å². The molecule has 0 aliphatic rings. The smallest absolute Gasteiger partial charge is 0.260 e. The lowest BCUT2D eigenvalue weighted by Gasteiger charge is -2.07. The van der Waals surface area contributed by atoms with E-state index in [-0.39, 0.29) is 5.91 Å². The van der Waals surface area contributed by atoms with E-state index < -0.39 is 0 Å². The third kappa shape index (κ3) is 2.62. The summed E-state index contributed by atoms with van der Waals surface area (Å²) in [4.78, 5) is 12.3. The zero-order valence-corrected chi connectivity index (χ0v) is 12.7. The minimum atomic E-state index is -0.300. The first-order valence-corrected chi connectivity index (χ1v) is 6.97. The van der Waals surface area contributed by atoms with Crippen molar-refractivity contribution in [2.75, 3.05) is 12.4 Å². The summed E-state index contributed by atoms with van der Waals surface area (Å²) in [5.41, 5.74) is 1.04. The SMILES string of the molecule is COc1ccccc1C(=O)Nc1noc2cc(Br)ccc12. The molecule has 0 saturated carbocycles. The molecule has 0 atom stereocenters. The Balaban J connectivity index is 1.93.